The lowest BCUT2D eigenvalue weighted by Gasteiger charge is -2.25. The summed E-state index contributed by atoms with van der Waals surface area (Å²) < 4.78 is 16.4. The Labute approximate surface area is 159 Å². The van der Waals surface area contributed by atoms with Crippen molar-refractivity contribution in [1.29, 1.82) is 0 Å². The number of amides is 1. The number of methoxy groups -OCH3 is 1. The normalized spacial score (nSPS) is 15.1. The molecule has 6 nitrogen and oxygen atoms in total. The maximum atomic E-state index is 12.5. The maximum absolute atomic E-state index is 12.5. The zero-order valence-electron chi connectivity index (χ0n) is 14.6. The molecule has 0 spiro atoms. The van der Waals surface area contributed by atoms with Gasteiger partial charge in [-0.25, -0.2) is 0 Å². The van der Waals surface area contributed by atoms with Gasteiger partial charge in [-0.05, 0) is 54.4 Å². The van der Waals surface area contributed by atoms with Gasteiger partial charge in [0.25, 0.3) is 0 Å². The van der Waals surface area contributed by atoms with Gasteiger partial charge in [-0.1, -0.05) is 0 Å². The monoisotopic (exact) mass is 378 g/mol. The van der Waals surface area contributed by atoms with Crippen molar-refractivity contribution in [3.63, 3.8) is 0 Å². The average Bonchev–Trinajstić information content (AvgIpc) is 2.66. The Morgan fingerprint density at radius 1 is 1.23 bits per heavy atom. The van der Waals surface area contributed by atoms with E-state index in [-0.39, 0.29) is 24.2 Å². The average molecular weight is 379 g/mol. The standard InChI is InChI=1S/C19H22N2O4.ClH/c1-23-17-6-7-18-13(11-17)10-14(12-25-18)19(22)21-15-2-4-16(5-3-15)24-9-8-20;/h2-7,11,14H,8-10,12,20H2,1H3,(H,21,22);1H. The lowest BCUT2D eigenvalue weighted by molar-refractivity contribution is -0.121. The fourth-order valence-corrected chi connectivity index (χ4v) is 2.72. The lowest BCUT2D eigenvalue weighted by Crippen LogP contribution is -2.32. The van der Waals surface area contributed by atoms with Crippen LogP contribution in [0.5, 0.6) is 17.2 Å². The van der Waals surface area contributed by atoms with Gasteiger partial charge in [0.15, 0.2) is 0 Å². The molecule has 3 N–H and O–H groups in total. The molecule has 0 radical (unpaired) electrons. The van der Waals surface area contributed by atoms with Gasteiger partial charge in [0, 0.05) is 12.2 Å². The zero-order chi connectivity index (χ0) is 17.6. The number of carbonyl (C=O) groups excluding carboxylic acids is 1. The van der Waals surface area contributed by atoms with E-state index in [4.69, 9.17) is 19.9 Å². The molecule has 0 aromatic heterocycles. The fourth-order valence-electron chi connectivity index (χ4n) is 2.72. The number of halogens is 1. The largest absolute Gasteiger partial charge is 0.497 e. The lowest BCUT2D eigenvalue weighted by atomic mass is 9.95. The van der Waals surface area contributed by atoms with Crippen molar-refractivity contribution in [3.05, 3.63) is 48.0 Å². The van der Waals surface area contributed by atoms with E-state index in [1.165, 1.54) is 0 Å². The molecule has 0 aliphatic carbocycles. The van der Waals surface area contributed by atoms with Gasteiger partial charge >= 0.3 is 0 Å². The second kappa shape index (κ2) is 9.31. The Balaban J connectivity index is 0.00000243. The van der Waals surface area contributed by atoms with Crippen LogP contribution in [0.15, 0.2) is 42.5 Å². The van der Waals surface area contributed by atoms with Gasteiger partial charge in [0.05, 0.1) is 13.0 Å². The number of benzene rings is 2. The molecule has 0 saturated carbocycles. The van der Waals surface area contributed by atoms with E-state index in [0.29, 0.717) is 26.2 Å². The van der Waals surface area contributed by atoms with Gasteiger partial charge in [-0.2, -0.15) is 0 Å². The topological polar surface area (TPSA) is 82.8 Å². The molecule has 1 unspecified atom stereocenters. The highest BCUT2D eigenvalue weighted by Gasteiger charge is 2.26. The summed E-state index contributed by atoms with van der Waals surface area (Å²) in [6, 6.07) is 12.9. The Kier molecular flexibility index (Phi) is 7.12. The smallest absolute Gasteiger partial charge is 0.231 e. The van der Waals surface area contributed by atoms with Crippen LogP contribution in [0, 0.1) is 5.92 Å². The number of ether oxygens (including phenoxy) is 3. The number of nitrogens with one attached hydrogen (secondary N) is 1. The van der Waals surface area contributed by atoms with Crippen molar-refractivity contribution in [2.45, 2.75) is 6.42 Å². The van der Waals surface area contributed by atoms with Crippen LogP contribution in [0.4, 0.5) is 5.69 Å². The minimum Gasteiger partial charge on any atom is -0.497 e. The van der Waals surface area contributed by atoms with E-state index >= 15 is 0 Å². The first-order valence-electron chi connectivity index (χ1n) is 8.23. The summed E-state index contributed by atoms with van der Waals surface area (Å²) in [5.41, 5.74) is 7.11. The van der Waals surface area contributed by atoms with Crippen molar-refractivity contribution in [3.8, 4) is 17.2 Å². The van der Waals surface area contributed by atoms with Crippen LogP contribution < -0.4 is 25.3 Å². The number of fused-ring (bicyclic) bond motifs is 1. The second-order valence-corrected chi connectivity index (χ2v) is 5.84. The van der Waals surface area contributed by atoms with Crippen LogP contribution in [0.1, 0.15) is 5.56 Å². The maximum Gasteiger partial charge on any atom is 0.231 e. The molecule has 1 heterocycles. The van der Waals surface area contributed by atoms with E-state index in [1.807, 2.05) is 42.5 Å². The number of anilines is 1. The SMILES string of the molecule is COc1ccc2c(c1)CC(C(=O)Nc1ccc(OCCN)cc1)CO2.Cl. The van der Waals surface area contributed by atoms with Gasteiger partial charge in [-0.3, -0.25) is 4.79 Å². The molecule has 1 aliphatic rings. The molecule has 7 heteroatoms. The first-order chi connectivity index (χ1) is 12.2. The van der Waals surface area contributed by atoms with E-state index in [2.05, 4.69) is 5.32 Å². The van der Waals surface area contributed by atoms with Crippen molar-refractivity contribution in [2.75, 3.05) is 32.2 Å². The predicted octanol–water partition coefficient (Wildman–Crippen LogP) is 2.64. The van der Waals surface area contributed by atoms with Crippen molar-refractivity contribution in [1.82, 2.24) is 0 Å². The number of carbonyl (C=O) groups is 1. The molecule has 2 aromatic carbocycles. The summed E-state index contributed by atoms with van der Waals surface area (Å²) in [5.74, 6) is 1.99. The molecule has 1 amide bonds. The highest BCUT2D eigenvalue weighted by Crippen LogP contribution is 2.31. The second-order valence-electron chi connectivity index (χ2n) is 5.84. The highest BCUT2D eigenvalue weighted by molar-refractivity contribution is 5.93. The fraction of sp³-hybridized carbons (Fsp3) is 0.316. The third-order valence-corrected chi connectivity index (χ3v) is 4.05. The van der Waals surface area contributed by atoms with Crippen LogP contribution >= 0.6 is 12.4 Å². The summed E-state index contributed by atoms with van der Waals surface area (Å²) in [6.45, 7) is 1.29. The molecule has 3 rings (SSSR count). The molecule has 0 saturated heterocycles. The quantitative estimate of drug-likeness (QED) is 0.807. The summed E-state index contributed by atoms with van der Waals surface area (Å²) in [4.78, 5) is 12.5. The van der Waals surface area contributed by atoms with Crippen LogP contribution in [-0.4, -0.2) is 32.8 Å². The molecule has 0 fully saturated rings. The number of hydrogen-bond donors (Lipinski definition) is 2. The minimum atomic E-state index is -0.243. The molecular formula is C19H23ClN2O4. The van der Waals surface area contributed by atoms with E-state index in [9.17, 15) is 4.79 Å². The summed E-state index contributed by atoms with van der Waals surface area (Å²) in [6.07, 6.45) is 0.621. The first kappa shape index (κ1) is 19.9. The Hall–Kier alpha value is -2.44. The van der Waals surface area contributed by atoms with Crippen molar-refractivity contribution >= 4 is 24.0 Å². The van der Waals surface area contributed by atoms with Gasteiger partial charge in [0.1, 0.15) is 30.5 Å². The Morgan fingerprint density at radius 2 is 1.96 bits per heavy atom. The number of nitrogens with two attached hydrogens (primary N) is 1. The Morgan fingerprint density at radius 3 is 2.65 bits per heavy atom. The van der Waals surface area contributed by atoms with E-state index in [0.717, 1.165) is 28.5 Å². The third kappa shape index (κ3) is 4.80. The summed E-state index contributed by atoms with van der Waals surface area (Å²) in [5, 5.41) is 2.92. The van der Waals surface area contributed by atoms with Crippen molar-refractivity contribution < 1.29 is 19.0 Å². The van der Waals surface area contributed by atoms with Crippen molar-refractivity contribution in [2.24, 2.45) is 11.7 Å². The predicted molar refractivity (Wildman–Crippen MR) is 103 cm³/mol. The third-order valence-electron chi connectivity index (χ3n) is 4.05. The molecule has 2 aromatic rings. The van der Waals surface area contributed by atoms with E-state index in [1.54, 1.807) is 7.11 Å². The van der Waals surface area contributed by atoms with Gasteiger partial charge < -0.3 is 25.3 Å². The summed E-state index contributed by atoms with van der Waals surface area (Å²) in [7, 11) is 1.62. The molecule has 0 bridgehead atoms. The molecular weight excluding hydrogens is 356 g/mol. The number of hydrogen-bond acceptors (Lipinski definition) is 5. The number of rotatable bonds is 6. The van der Waals surface area contributed by atoms with Gasteiger partial charge in [-0.15, -0.1) is 12.4 Å². The highest BCUT2D eigenvalue weighted by atomic mass is 35.5. The molecule has 140 valence electrons. The summed E-state index contributed by atoms with van der Waals surface area (Å²) >= 11 is 0. The van der Waals surface area contributed by atoms with Gasteiger partial charge in [0.2, 0.25) is 5.91 Å². The Bertz CT molecular complexity index is 737. The zero-order valence-corrected chi connectivity index (χ0v) is 15.4. The van der Waals surface area contributed by atoms with Crippen LogP contribution in [-0.2, 0) is 11.2 Å². The van der Waals surface area contributed by atoms with E-state index < -0.39 is 0 Å². The van der Waals surface area contributed by atoms with Crippen LogP contribution in [0.25, 0.3) is 0 Å². The first-order valence-corrected chi connectivity index (χ1v) is 8.23. The van der Waals surface area contributed by atoms with Crippen LogP contribution in [0.3, 0.4) is 0 Å². The van der Waals surface area contributed by atoms with Crippen LogP contribution in [0.2, 0.25) is 0 Å². The molecule has 1 aliphatic heterocycles. The molecule has 1 atom stereocenters. The molecule has 26 heavy (non-hydrogen) atoms. The minimum absolute atomic E-state index is 0.